The Morgan fingerprint density at radius 2 is 1.85 bits per heavy atom. The number of ether oxygens (including phenoxy) is 2. The summed E-state index contributed by atoms with van der Waals surface area (Å²) in [6.45, 7) is 11.9. The first-order chi connectivity index (χ1) is 9.15. The Kier molecular flexibility index (Phi) is 6.22. The van der Waals surface area contributed by atoms with E-state index in [1.54, 1.807) is 0 Å². The third-order valence-corrected chi connectivity index (χ3v) is 9.00. The van der Waals surface area contributed by atoms with Crippen LogP contribution in [0.4, 0.5) is 0 Å². The standard InChI is InChI=1S/C15H30O4Si/c1-15(2,3)20(5,6)18-11-13-9-7-8-12(19-13)10-14(16)17-4/h12-13H,7-11H2,1-6H3/t12-,13+/m1/s1. The highest BCUT2D eigenvalue weighted by Gasteiger charge is 2.38. The molecule has 0 amide bonds. The number of carbonyl (C=O) groups is 1. The molecule has 0 radical (unpaired) electrons. The van der Waals surface area contributed by atoms with Crippen molar-refractivity contribution < 1.29 is 18.7 Å². The normalized spacial score (nSPS) is 24.5. The fourth-order valence-electron chi connectivity index (χ4n) is 2.04. The molecule has 0 unspecified atom stereocenters. The lowest BCUT2D eigenvalue weighted by Crippen LogP contribution is -2.44. The third kappa shape index (κ3) is 5.18. The quantitative estimate of drug-likeness (QED) is 0.576. The van der Waals surface area contributed by atoms with Gasteiger partial charge in [0.2, 0.25) is 0 Å². The molecule has 2 atom stereocenters. The number of esters is 1. The number of rotatable bonds is 5. The maximum atomic E-state index is 11.3. The molecule has 118 valence electrons. The Labute approximate surface area is 124 Å². The van der Waals surface area contributed by atoms with Crippen LogP contribution in [-0.2, 0) is 18.7 Å². The minimum absolute atomic E-state index is 0.00999. The average molecular weight is 302 g/mol. The molecule has 1 aliphatic rings. The van der Waals surface area contributed by atoms with Crippen LogP contribution >= 0.6 is 0 Å². The van der Waals surface area contributed by atoms with Crippen molar-refractivity contribution in [3.8, 4) is 0 Å². The summed E-state index contributed by atoms with van der Waals surface area (Å²) in [5.74, 6) is -0.194. The Balaban J connectivity index is 2.43. The van der Waals surface area contributed by atoms with Crippen molar-refractivity contribution in [1.29, 1.82) is 0 Å². The van der Waals surface area contributed by atoms with E-state index >= 15 is 0 Å². The number of hydrogen-bond donors (Lipinski definition) is 0. The van der Waals surface area contributed by atoms with E-state index in [2.05, 4.69) is 33.9 Å². The zero-order valence-corrected chi connectivity index (χ0v) is 14.8. The second-order valence-corrected chi connectivity index (χ2v) is 12.0. The minimum atomic E-state index is -1.72. The largest absolute Gasteiger partial charge is 0.469 e. The summed E-state index contributed by atoms with van der Waals surface area (Å²) in [7, 11) is -0.302. The predicted molar refractivity (Wildman–Crippen MR) is 82.3 cm³/mol. The van der Waals surface area contributed by atoms with Gasteiger partial charge in [0.05, 0.1) is 32.3 Å². The predicted octanol–water partition coefficient (Wildman–Crippen LogP) is 3.51. The monoisotopic (exact) mass is 302 g/mol. The molecule has 1 aliphatic heterocycles. The fourth-order valence-corrected chi connectivity index (χ4v) is 3.08. The molecular weight excluding hydrogens is 272 g/mol. The number of carbonyl (C=O) groups excluding carboxylic acids is 1. The topological polar surface area (TPSA) is 44.8 Å². The van der Waals surface area contributed by atoms with E-state index in [9.17, 15) is 4.79 Å². The van der Waals surface area contributed by atoms with E-state index < -0.39 is 8.32 Å². The highest BCUT2D eigenvalue weighted by atomic mass is 28.4. The van der Waals surface area contributed by atoms with Gasteiger partial charge in [-0.3, -0.25) is 4.79 Å². The van der Waals surface area contributed by atoms with E-state index in [4.69, 9.17) is 13.9 Å². The lowest BCUT2D eigenvalue weighted by Gasteiger charge is -2.38. The van der Waals surface area contributed by atoms with E-state index in [0.29, 0.717) is 13.0 Å². The van der Waals surface area contributed by atoms with Gasteiger partial charge in [-0.05, 0) is 37.4 Å². The summed E-state index contributed by atoms with van der Waals surface area (Å²) in [6.07, 6.45) is 3.51. The van der Waals surface area contributed by atoms with Gasteiger partial charge in [-0.25, -0.2) is 0 Å². The number of methoxy groups -OCH3 is 1. The molecule has 1 saturated heterocycles. The van der Waals surface area contributed by atoms with Crippen molar-refractivity contribution in [2.24, 2.45) is 0 Å². The molecule has 1 rings (SSSR count). The smallest absolute Gasteiger partial charge is 0.308 e. The summed E-state index contributed by atoms with van der Waals surface area (Å²) in [5, 5.41) is 0.215. The molecule has 0 aromatic carbocycles. The summed E-state index contributed by atoms with van der Waals surface area (Å²) < 4.78 is 16.9. The van der Waals surface area contributed by atoms with Crippen molar-refractivity contribution in [2.75, 3.05) is 13.7 Å². The molecule has 1 fully saturated rings. The van der Waals surface area contributed by atoms with Crippen LogP contribution < -0.4 is 0 Å². The summed E-state index contributed by atoms with van der Waals surface area (Å²) in [4.78, 5) is 11.3. The van der Waals surface area contributed by atoms with Crippen molar-refractivity contribution in [1.82, 2.24) is 0 Å². The first-order valence-corrected chi connectivity index (χ1v) is 10.4. The molecule has 0 N–H and O–H groups in total. The Morgan fingerprint density at radius 3 is 2.40 bits per heavy atom. The van der Waals surface area contributed by atoms with Crippen LogP contribution in [0, 0.1) is 0 Å². The van der Waals surface area contributed by atoms with E-state index in [0.717, 1.165) is 19.3 Å². The minimum Gasteiger partial charge on any atom is -0.469 e. The van der Waals surface area contributed by atoms with Gasteiger partial charge in [0.1, 0.15) is 0 Å². The van der Waals surface area contributed by atoms with Crippen molar-refractivity contribution in [3.05, 3.63) is 0 Å². The molecule has 4 nitrogen and oxygen atoms in total. The SMILES string of the molecule is COC(=O)C[C@H]1CCC[C@@H](CO[Si](C)(C)C(C)(C)C)O1. The maximum Gasteiger partial charge on any atom is 0.308 e. The maximum absolute atomic E-state index is 11.3. The van der Waals surface area contributed by atoms with Gasteiger partial charge in [-0.2, -0.15) is 0 Å². The zero-order valence-electron chi connectivity index (χ0n) is 13.8. The van der Waals surface area contributed by atoms with E-state index in [1.807, 2.05) is 0 Å². The Morgan fingerprint density at radius 1 is 1.25 bits per heavy atom. The highest BCUT2D eigenvalue weighted by molar-refractivity contribution is 6.74. The molecule has 0 bridgehead atoms. The van der Waals surface area contributed by atoms with Crippen LogP contribution in [0.15, 0.2) is 0 Å². The van der Waals surface area contributed by atoms with Gasteiger partial charge < -0.3 is 13.9 Å². The fraction of sp³-hybridized carbons (Fsp3) is 0.933. The number of hydrogen-bond acceptors (Lipinski definition) is 4. The summed E-state index contributed by atoms with van der Waals surface area (Å²) in [6, 6.07) is 0. The van der Waals surface area contributed by atoms with Gasteiger partial charge in [-0.1, -0.05) is 20.8 Å². The van der Waals surface area contributed by atoms with Crippen molar-refractivity contribution in [3.63, 3.8) is 0 Å². The Hall–Kier alpha value is -0.393. The van der Waals surface area contributed by atoms with Crippen molar-refractivity contribution in [2.45, 2.75) is 76.8 Å². The van der Waals surface area contributed by atoms with E-state index in [1.165, 1.54) is 7.11 Å². The van der Waals surface area contributed by atoms with E-state index in [-0.39, 0.29) is 23.2 Å². The molecule has 0 spiro atoms. The second kappa shape index (κ2) is 7.05. The first-order valence-electron chi connectivity index (χ1n) is 7.52. The second-order valence-electron chi connectivity index (χ2n) is 7.16. The first kappa shape index (κ1) is 17.7. The summed E-state index contributed by atoms with van der Waals surface area (Å²) >= 11 is 0. The molecule has 1 heterocycles. The molecule has 0 aromatic heterocycles. The van der Waals surface area contributed by atoms with Gasteiger partial charge in [0.15, 0.2) is 8.32 Å². The lowest BCUT2D eigenvalue weighted by molar-refractivity contribution is -0.147. The van der Waals surface area contributed by atoms with Gasteiger partial charge >= 0.3 is 5.97 Å². The van der Waals surface area contributed by atoms with Gasteiger partial charge in [0, 0.05) is 0 Å². The van der Waals surface area contributed by atoms with Gasteiger partial charge in [0.25, 0.3) is 0 Å². The molecule has 20 heavy (non-hydrogen) atoms. The molecular formula is C15H30O4Si. The van der Waals surface area contributed by atoms with Crippen LogP contribution in [0.1, 0.15) is 46.5 Å². The molecule has 0 saturated carbocycles. The van der Waals surface area contributed by atoms with Crippen LogP contribution in [0.5, 0.6) is 0 Å². The van der Waals surface area contributed by atoms with Crippen LogP contribution in [0.3, 0.4) is 0 Å². The average Bonchev–Trinajstić information content (AvgIpc) is 2.35. The zero-order chi connectivity index (χ0) is 15.4. The van der Waals surface area contributed by atoms with Crippen molar-refractivity contribution >= 4 is 14.3 Å². The van der Waals surface area contributed by atoms with Crippen LogP contribution in [-0.4, -0.2) is 40.2 Å². The van der Waals surface area contributed by atoms with Gasteiger partial charge in [-0.15, -0.1) is 0 Å². The van der Waals surface area contributed by atoms with Crippen LogP contribution in [0.2, 0.25) is 18.1 Å². The Bertz CT molecular complexity index is 322. The molecule has 0 aromatic rings. The third-order valence-electron chi connectivity index (χ3n) is 4.50. The summed E-state index contributed by atoms with van der Waals surface area (Å²) in [5.41, 5.74) is 0. The lowest BCUT2D eigenvalue weighted by atomic mass is 10.0. The van der Waals surface area contributed by atoms with Crippen LogP contribution in [0.25, 0.3) is 0 Å². The molecule has 5 heteroatoms. The molecule has 0 aliphatic carbocycles. The highest BCUT2D eigenvalue weighted by Crippen LogP contribution is 2.37.